The van der Waals surface area contributed by atoms with Crippen molar-refractivity contribution in [2.75, 3.05) is 5.32 Å². The summed E-state index contributed by atoms with van der Waals surface area (Å²) >= 11 is 0. The number of fused-ring (bicyclic) bond motifs is 4. The molecule has 0 radical (unpaired) electrons. The number of hydrogen-bond acceptors (Lipinski definition) is 7. The van der Waals surface area contributed by atoms with Crippen LogP contribution in [0.1, 0.15) is 17.1 Å². The van der Waals surface area contributed by atoms with Gasteiger partial charge in [-0.15, -0.1) is 0 Å². The Balaban J connectivity index is 2.19. The van der Waals surface area contributed by atoms with Crippen LogP contribution in [-0.2, 0) is 16.8 Å². The number of para-hydroxylation sites is 1. The van der Waals surface area contributed by atoms with Crippen LogP contribution in [0.25, 0.3) is 0 Å². The lowest BCUT2D eigenvalue weighted by atomic mass is 9.72. The predicted molar refractivity (Wildman–Crippen MR) is 84.2 cm³/mol. The summed E-state index contributed by atoms with van der Waals surface area (Å²) in [5.74, 6) is -1.43. The molecule has 1 aromatic carbocycles. The molecule has 1 atom stereocenters. The SMILES string of the molecule is N#CC1=C(N)Oc2c(oc(CO)cc2=O)[C@@]12C(=O)Nc1ccccc12. The van der Waals surface area contributed by atoms with E-state index in [0.29, 0.717) is 11.3 Å². The van der Waals surface area contributed by atoms with E-state index >= 15 is 0 Å². The number of nitriles is 1. The standard InChI is InChI=1S/C17H11N3O5/c18-6-10-15(19)25-13-12(22)5-8(7-21)24-14(13)17(10)9-3-1-2-4-11(9)20-16(17)23/h1-5,21H,7,19H2,(H,20,23)/t17-/m0/s1. The fourth-order valence-corrected chi connectivity index (χ4v) is 3.28. The molecule has 0 saturated carbocycles. The molecule has 0 saturated heterocycles. The number of carbonyl (C=O) groups is 1. The lowest BCUT2D eigenvalue weighted by Crippen LogP contribution is -2.43. The highest BCUT2D eigenvalue weighted by Gasteiger charge is 2.59. The average Bonchev–Trinajstić information content (AvgIpc) is 2.89. The quantitative estimate of drug-likeness (QED) is 0.687. The molecule has 1 amide bonds. The molecule has 1 aromatic heterocycles. The maximum atomic E-state index is 13.0. The third-order valence-electron chi connectivity index (χ3n) is 4.32. The van der Waals surface area contributed by atoms with Crippen LogP contribution in [0.5, 0.6) is 5.75 Å². The molecule has 3 heterocycles. The lowest BCUT2D eigenvalue weighted by Gasteiger charge is -2.31. The molecule has 2 aliphatic heterocycles. The van der Waals surface area contributed by atoms with Gasteiger partial charge in [-0.3, -0.25) is 9.59 Å². The maximum absolute atomic E-state index is 13.0. The van der Waals surface area contributed by atoms with Gasteiger partial charge in [-0.1, -0.05) is 18.2 Å². The zero-order chi connectivity index (χ0) is 17.8. The minimum absolute atomic E-state index is 0.0540. The van der Waals surface area contributed by atoms with Crippen LogP contribution in [0.4, 0.5) is 5.69 Å². The van der Waals surface area contributed by atoms with E-state index in [1.807, 2.05) is 6.07 Å². The zero-order valence-corrected chi connectivity index (χ0v) is 12.7. The summed E-state index contributed by atoms with van der Waals surface area (Å²) in [4.78, 5) is 25.3. The van der Waals surface area contributed by atoms with Gasteiger partial charge in [0.25, 0.3) is 0 Å². The van der Waals surface area contributed by atoms with Gasteiger partial charge in [-0.2, -0.15) is 5.26 Å². The Morgan fingerprint density at radius 3 is 2.80 bits per heavy atom. The number of aliphatic hydroxyl groups excluding tert-OH is 1. The minimum Gasteiger partial charge on any atom is -0.457 e. The number of hydrogen-bond donors (Lipinski definition) is 3. The number of nitrogens with one attached hydrogen (secondary N) is 1. The van der Waals surface area contributed by atoms with Crippen molar-refractivity contribution in [3.05, 3.63) is 69.1 Å². The summed E-state index contributed by atoms with van der Waals surface area (Å²) in [6.07, 6.45) is 0. The third kappa shape index (κ3) is 1.72. The van der Waals surface area contributed by atoms with Crippen molar-refractivity contribution < 1.29 is 19.1 Å². The normalized spacial score (nSPS) is 20.6. The zero-order valence-electron chi connectivity index (χ0n) is 12.7. The number of ether oxygens (including phenoxy) is 1. The van der Waals surface area contributed by atoms with Gasteiger partial charge in [0.2, 0.25) is 23.0 Å². The highest BCUT2D eigenvalue weighted by atomic mass is 16.5. The first-order chi connectivity index (χ1) is 12.0. The molecular formula is C17H11N3O5. The Bertz CT molecular complexity index is 1060. The largest absolute Gasteiger partial charge is 0.457 e. The van der Waals surface area contributed by atoms with Crippen LogP contribution in [-0.4, -0.2) is 11.0 Å². The number of carbonyl (C=O) groups excluding carboxylic acids is 1. The maximum Gasteiger partial charge on any atom is 0.248 e. The smallest absolute Gasteiger partial charge is 0.248 e. The van der Waals surface area contributed by atoms with E-state index in [1.54, 1.807) is 24.3 Å². The van der Waals surface area contributed by atoms with Crippen LogP contribution >= 0.6 is 0 Å². The monoisotopic (exact) mass is 337 g/mol. The summed E-state index contributed by atoms with van der Waals surface area (Å²) in [5.41, 5.74) is 4.20. The van der Waals surface area contributed by atoms with Crippen molar-refractivity contribution in [2.45, 2.75) is 12.0 Å². The van der Waals surface area contributed by atoms with Gasteiger partial charge in [0.05, 0.1) is 0 Å². The Morgan fingerprint density at radius 2 is 2.08 bits per heavy atom. The molecule has 2 aliphatic rings. The Labute approximate surface area is 140 Å². The highest BCUT2D eigenvalue weighted by molar-refractivity contribution is 6.12. The summed E-state index contributed by atoms with van der Waals surface area (Å²) in [5, 5.41) is 21.7. The molecule has 4 rings (SSSR count). The summed E-state index contributed by atoms with van der Waals surface area (Å²) in [6.45, 7) is -0.553. The molecule has 1 spiro atoms. The second-order valence-electron chi connectivity index (χ2n) is 5.60. The van der Waals surface area contributed by atoms with Gasteiger partial charge in [0.15, 0.2) is 11.2 Å². The molecule has 25 heavy (non-hydrogen) atoms. The van der Waals surface area contributed by atoms with Gasteiger partial charge in [0.1, 0.15) is 24.0 Å². The van der Waals surface area contributed by atoms with Crippen LogP contribution in [0.2, 0.25) is 0 Å². The third-order valence-corrected chi connectivity index (χ3v) is 4.32. The first kappa shape index (κ1) is 15.0. The van der Waals surface area contributed by atoms with E-state index in [9.17, 15) is 20.0 Å². The van der Waals surface area contributed by atoms with Gasteiger partial charge < -0.3 is 25.3 Å². The van der Waals surface area contributed by atoms with Crippen molar-refractivity contribution in [1.29, 1.82) is 5.26 Å². The van der Waals surface area contributed by atoms with Crippen LogP contribution < -0.4 is 21.2 Å². The number of aliphatic hydroxyl groups is 1. The molecule has 0 aliphatic carbocycles. The predicted octanol–water partition coefficient (Wildman–Crippen LogP) is 0.457. The molecule has 124 valence electrons. The molecule has 2 aromatic rings. The molecule has 8 heteroatoms. The molecule has 0 bridgehead atoms. The molecule has 4 N–H and O–H groups in total. The number of nitrogens with zero attached hydrogens (tertiary/aromatic N) is 1. The number of nitrogens with two attached hydrogens (primary N) is 1. The first-order valence-corrected chi connectivity index (χ1v) is 7.31. The fraction of sp³-hybridized carbons (Fsp3) is 0.118. The van der Waals surface area contributed by atoms with Gasteiger partial charge in [-0.25, -0.2) is 0 Å². The van der Waals surface area contributed by atoms with E-state index in [4.69, 9.17) is 14.9 Å². The molecule has 8 nitrogen and oxygen atoms in total. The Morgan fingerprint density at radius 1 is 1.32 bits per heavy atom. The van der Waals surface area contributed by atoms with Crippen molar-refractivity contribution in [2.24, 2.45) is 5.73 Å². The average molecular weight is 337 g/mol. The molecule has 0 fully saturated rings. The van der Waals surface area contributed by atoms with Gasteiger partial charge >= 0.3 is 0 Å². The van der Waals surface area contributed by atoms with Crippen molar-refractivity contribution >= 4 is 11.6 Å². The molecule has 0 unspecified atom stereocenters. The van der Waals surface area contributed by atoms with E-state index in [1.165, 1.54) is 0 Å². The number of rotatable bonds is 1. The van der Waals surface area contributed by atoms with Gasteiger partial charge in [0, 0.05) is 17.3 Å². The number of anilines is 1. The van der Waals surface area contributed by atoms with Crippen molar-refractivity contribution in [3.8, 4) is 11.8 Å². The van der Waals surface area contributed by atoms with E-state index in [-0.39, 0.29) is 28.7 Å². The Hall–Kier alpha value is -3.57. The van der Waals surface area contributed by atoms with Crippen LogP contribution in [0, 0.1) is 11.3 Å². The van der Waals surface area contributed by atoms with Gasteiger partial charge in [-0.05, 0) is 6.07 Å². The minimum atomic E-state index is -1.74. The Kier molecular flexibility index (Phi) is 2.97. The highest BCUT2D eigenvalue weighted by Crippen LogP contribution is 2.52. The topological polar surface area (TPSA) is 139 Å². The van der Waals surface area contributed by atoms with Crippen molar-refractivity contribution in [1.82, 2.24) is 0 Å². The lowest BCUT2D eigenvalue weighted by molar-refractivity contribution is -0.119. The number of benzene rings is 1. The van der Waals surface area contributed by atoms with E-state index in [0.717, 1.165) is 6.07 Å². The summed E-state index contributed by atoms with van der Waals surface area (Å²) in [7, 11) is 0. The van der Waals surface area contributed by atoms with Crippen molar-refractivity contribution in [3.63, 3.8) is 0 Å². The van der Waals surface area contributed by atoms with E-state index < -0.39 is 23.4 Å². The van der Waals surface area contributed by atoms with E-state index in [2.05, 4.69) is 5.32 Å². The summed E-state index contributed by atoms with van der Waals surface area (Å²) < 4.78 is 10.9. The molecular weight excluding hydrogens is 326 g/mol. The van der Waals surface area contributed by atoms with Crippen LogP contribution in [0.15, 0.2) is 51.0 Å². The fourth-order valence-electron chi connectivity index (χ4n) is 3.28. The second kappa shape index (κ2) is 4.96. The second-order valence-corrected chi connectivity index (χ2v) is 5.60. The van der Waals surface area contributed by atoms with Crippen LogP contribution in [0.3, 0.4) is 0 Å². The first-order valence-electron chi connectivity index (χ1n) is 7.31. The summed E-state index contributed by atoms with van der Waals surface area (Å²) in [6, 6.07) is 9.66. The number of amides is 1.